The smallest absolute Gasteiger partial charge is 0.251 e. The van der Waals surface area contributed by atoms with Gasteiger partial charge in [0.15, 0.2) is 11.5 Å². The molecule has 0 fully saturated rings. The molecule has 0 spiro atoms. The Morgan fingerprint density at radius 1 is 1.11 bits per heavy atom. The van der Waals surface area contributed by atoms with Crippen LogP contribution in [0.2, 0.25) is 0 Å². The lowest BCUT2D eigenvalue weighted by atomic mass is 10.2. The highest BCUT2D eigenvalue weighted by Gasteiger charge is 2.16. The number of hydrogen-bond acceptors (Lipinski definition) is 7. The molecule has 0 unspecified atom stereocenters. The van der Waals surface area contributed by atoms with Crippen molar-refractivity contribution in [3.8, 4) is 28.7 Å². The SMILES string of the molecule is COc1ccc(-c2nnc(CCNC(=O)c3ccc4c(c3)OCO4)o2)cc1. The zero-order chi connectivity index (χ0) is 18.6. The molecule has 2 aromatic carbocycles. The van der Waals surface area contributed by atoms with Crippen molar-refractivity contribution >= 4 is 5.91 Å². The highest BCUT2D eigenvalue weighted by molar-refractivity contribution is 5.94. The van der Waals surface area contributed by atoms with E-state index in [9.17, 15) is 4.79 Å². The minimum atomic E-state index is -0.205. The van der Waals surface area contributed by atoms with E-state index in [-0.39, 0.29) is 12.7 Å². The van der Waals surface area contributed by atoms with Crippen molar-refractivity contribution in [2.75, 3.05) is 20.4 Å². The predicted molar refractivity (Wildman–Crippen MR) is 94.9 cm³/mol. The molecule has 1 aliphatic heterocycles. The fourth-order valence-corrected chi connectivity index (χ4v) is 2.63. The highest BCUT2D eigenvalue weighted by Crippen LogP contribution is 2.32. The Hall–Kier alpha value is -3.55. The highest BCUT2D eigenvalue weighted by atomic mass is 16.7. The van der Waals surface area contributed by atoms with Gasteiger partial charge in [-0.25, -0.2) is 0 Å². The topological polar surface area (TPSA) is 95.7 Å². The van der Waals surface area contributed by atoms with Crippen LogP contribution >= 0.6 is 0 Å². The number of carbonyl (C=O) groups excluding carboxylic acids is 1. The third-order valence-corrected chi connectivity index (χ3v) is 4.06. The van der Waals surface area contributed by atoms with Crippen LogP contribution in [0, 0.1) is 0 Å². The summed E-state index contributed by atoms with van der Waals surface area (Å²) in [6.45, 7) is 0.547. The van der Waals surface area contributed by atoms with Crippen molar-refractivity contribution in [3.63, 3.8) is 0 Å². The molecule has 8 nitrogen and oxygen atoms in total. The number of hydrogen-bond donors (Lipinski definition) is 1. The van der Waals surface area contributed by atoms with Crippen molar-refractivity contribution in [2.45, 2.75) is 6.42 Å². The van der Waals surface area contributed by atoms with Gasteiger partial charge in [-0.2, -0.15) is 0 Å². The lowest BCUT2D eigenvalue weighted by molar-refractivity contribution is 0.0953. The summed E-state index contributed by atoms with van der Waals surface area (Å²) in [6.07, 6.45) is 0.430. The molecule has 1 aromatic heterocycles. The zero-order valence-corrected chi connectivity index (χ0v) is 14.6. The first-order valence-electron chi connectivity index (χ1n) is 8.37. The molecule has 1 amide bonds. The Labute approximate surface area is 155 Å². The molecule has 0 bridgehead atoms. The van der Waals surface area contributed by atoms with Gasteiger partial charge in [0.05, 0.1) is 7.11 Å². The molecule has 0 atom stereocenters. The summed E-state index contributed by atoms with van der Waals surface area (Å²) in [5.74, 6) is 2.64. The van der Waals surface area contributed by atoms with Gasteiger partial charge in [0.1, 0.15) is 5.75 Å². The summed E-state index contributed by atoms with van der Waals surface area (Å²) in [6, 6.07) is 12.4. The number of carbonyl (C=O) groups is 1. The van der Waals surface area contributed by atoms with E-state index in [1.807, 2.05) is 24.3 Å². The molecule has 27 heavy (non-hydrogen) atoms. The number of nitrogens with zero attached hydrogens (tertiary/aromatic N) is 2. The van der Waals surface area contributed by atoms with E-state index in [1.165, 1.54) is 0 Å². The number of amides is 1. The van der Waals surface area contributed by atoms with Crippen molar-refractivity contribution in [1.82, 2.24) is 15.5 Å². The molecular formula is C19H17N3O5. The minimum Gasteiger partial charge on any atom is -0.497 e. The van der Waals surface area contributed by atoms with Crippen LogP contribution in [0.25, 0.3) is 11.5 Å². The summed E-state index contributed by atoms with van der Waals surface area (Å²) >= 11 is 0. The monoisotopic (exact) mass is 367 g/mol. The summed E-state index contributed by atoms with van der Waals surface area (Å²) in [7, 11) is 1.61. The molecule has 4 rings (SSSR count). The van der Waals surface area contributed by atoms with E-state index in [1.54, 1.807) is 25.3 Å². The first-order valence-corrected chi connectivity index (χ1v) is 8.37. The van der Waals surface area contributed by atoms with Gasteiger partial charge in [0.2, 0.25) is 18.6 Å². The van der Waals surface area contributed by atoms with Crippen molar-refractivity contribution in [3.05, 3.63) is 53.9 Å². The second kappa shape index (κ2) is 7.36. The average Bonchev–Trinajstić information content (AvgIpc) is 3.37. The molecule has 0 saturated heterocycles. The van der Waals surface area contributed by atoms with Crippen LogP contribution in [0.4, 0.5) is 0 Å². The molecule has 1 N–H and O–H groups in total. The van der Waals surface area contributed by atoms with Crippen molar-refractivity contribution in [1.29, 1.82) is 0 Å². The Morgan fingerprint density at radius 2 is 1.93 bits per heavy atom. The molecule has 0 saturated carbocycles. The number of rotatable bonds is 6. The van der Waals surface area contributed by atoms with Crippen LogP contribution in [0.3, 0.4) is 0 Å². The van der Waals surface area contributed by atoms with Gasteiger partial charge < -0.3 is 23.9 Å². The maximum atomic E-state index is 12.2. The van der Waals surface area contributed by atoms with Crippen LogP contribution in [0.5, 0.6) is 17.2 Å². The predicted octanol–water partition coefficient (Wildman–Crippen LogP) is 2.45. The number of fused-ring (bicyclic) bond motifs is 1. The zero-order valence-electron chi connectivity index (χ0n) is 14.6. The molecule has 8 heteroatoms. The number of ether oxygens (including phenoxy) is 3. The Balaban J connectivity index is 1.32. The third-order valence-electron chi connectivity index (χ3n) is 4.06. The van der Waals surface area contributed by atoms with Gasteiger partial charge in [0.25, 0.3) is 5.91 Å². The normalized spacial score (nSPS) is 12.0. The van der Waals surface area contributed by atoms with Crippen molar-refractivity contribution < 1.29 is 23.4 Å². The first-order chi connectivity index (χ1) is 13.2. The number of methoxy groups -OCH3 is 1. The molecule has 2 heterocycles. The number of aromatic nitrogens is 2. The van der Waals surface area contributed by atoms with Gasteiger partial charge in [-0.1, -0.05) is 0 Å². The fourth-order valence-electron chi connectivity index (χ4n) is 2.63. The third kappa shape index (κ3) is 3.69. The van der Waals surface area contributed by atoms with E-state index in [0.717, 1.165) is 11.3 Å². The minimum absolute atomic E-state index is 0.175. The van der Waals surface area contributed by atoms with E-state index < -0.39 is 0 Å². The Kier molecular flexibility index (Phi) is 4.61. The molecule has 1 aliphatic rings. The van der Waals surface area contributed by atoms with Crippen LogP contribution in [-0.4, -0.2) is 36.6 Å². The second-order valence-electron chi connectivity index (χ2n) is 5.80. The summed E-state index contributed by atoms with van der Waals surface area (Å²) in [4.78, 5) is 12.2. The van der Waals surface area contributed by atoms with Gasteiger partial charge >= 0.3 is 0 Å². The van der Waals surface area contributed by atoms with Crippen molar-refractivity contribution in [2.24, 2.45) is 0 Å². The molecule has 138 valence electrons. The molecular weight excluding hydrogens is 350 g/mol. The number of benzene rings is 2. The first kappa shape index (κ1) is 16.9. The van der Waals surface area contributed by atoms with E-state index in [4.69, 9.17) is 18.6 Å². The molecule has 0 aliphatic carbocycles. The van der Waals surface area contributed by atoms with Crippen LogP contribution in [0.15, 0.2) is 46.9 Å². The van der Waals surface area contributed by atoms with Gasteiger partial charge in [-0.15, -0.1) is 10.2 Å². The standard InChI is InChI=1S/C19H17N3O5/c1-24-14-5-2-12(3-6-14)19-22-21-17(27-19)8-9-20-18(23)13-4-7-15-16(10-13)26-11-25-15/h2-7,10H,8-9,11H2,1H3,(H,20,23). The second-order valence-corrected chi connectivity index (χ2v) is 5.80. The molecule has 3 aromatic rings. The summed E-state index contributed by atoms with van der Waals surface area (Å²) in [5.41, 5.74) is 1.31. The average molecular weight is 367 g/mol. The number of nitrogens with one attached hydrogen (secondary N) is 1. The summed E-state index contributed by atoms with van der Waals surface area (Å²) < 4.78 is 21.3. The molecule has 0 radical (unpaired) electrons. The van der Waals surface area contributed by atoms with E-state index >= 15 is 0 Å². The van der Waals surface area contributed by atoms with Crippen LogP contribution in [0.1, 0.15) is 16.2 Å². The van der Waals surface area contributed by atoms with Gasteiger partial charge in [0, 0.05) is 24.1 Å². The van der Waals surface area contributed by atoms with Crippen LogP contribution < -0.4 is 19.5 Å². The maximum Gasteiger partial charge on any atom is 0.251 e. The van der Waals surface area contributed by atoms with Gasteiger partial charge in [-0.05, 0) is 42.5 Å². The quantitative estimate of drug-likeness (QED) is 0.715. The van der Waals surface area contributed by atoms with E-state index in [0.29, 0.717) is 41.8 Å². The lowest BCUT2D eigenvalue weighted by Gasteiger charge is -2.04. The fraction of sp³-hybridized carbons (Fsp3) is 0.211. The largest absolute Gasteiger partial charge is 0.497 e. The van der Waals surface area contributed by atoms with Gasteiger partial charge in [-0.3, -0.25) is 4.79 Å². The summed E-state index contributed by atoms with van der Waals surface area (Å²) in [5, 5.41) is 10.9. The van der Waals surface area contributed by atoms with E-state index in [2.05, 4.69) is 15.5 Å². The Bertz CT molecular complexity index is 952. The maximum absolute atomic E-state index is 12.2. The van der Waals surface area contributed by atoms with Crippen LogP contribution in [-0.2, 0) is 6.42 Å². The lowest BCUT2D eigenvalue weighted by Crippen LogP contribution is -2.25. The Morgan fingerprint density at radius 3 is 2.74 bits per heavy atom.